The summed E-state index contributed by atoms with van der Waals surface area (Å²) in [6, 6.07) is 21.6. The van der Waals surface area contributed by atoms with Gasteiger partial charge in [0, 0.05) is 37.0 Å². The van der Waals surface area contributed by atoms with Crippen LogP contribution in [0.1, 0.15) is 61.6 Å². The molecular formula is C34H41Cl2N3O4S. The number of amides is 2. The molecule has 0 aromatic heterocycles. The second-order valence-electron chi connectivity index (χ2n) is 11.6. The Labute approximate surface area is 271 Å². The van der Waals surface area contributed by atoms with Crippen molar-refractivity contribution in [3.05, 3.63) is 99.5 Å². The Bertz CT molecular complexity index is 1510. The Morgan fingerprint density at radius 1 is 0.932 bits per heavy atom. The Balaban J connectivity index is 1.60. The Hall–Kier alpha value is -3.07. The molecule has 236 valence electrons. The van der Waals surface area contributed by atoms with Gasteiger partial charge in [-0.15, -0.1) is 0 Å². The van der Waals surface area contributed by atoms with Gasteiger partial charge in [-0.05, 0) is 55.5 Å². The maximum atomic E-state index is 14.1. The third kappa shape index (κ3) is 9.71. The zero-order chi connectivity index (χ0) is 31.7. The fourth-order valence-electron chi connectivity index (χ4n) is 5.65. The standard InChI is InChI=1S/C34H41Cl2N3O4S/c1-25-15-17-27(18-16-25)24-38(32(22-26-10-5-3-6-11-26)34(41)37-29-12-7-4-8-13-29)33(40)14-9-21-39(44(2,42)43)31-23-28(35)19-20-30(31)36/h3,5-6,10-11,15-20,23,29,32H,4,7-9,12-14,21-22,24H2,1-2H3,(H,37,41)/t32-/m0/s1. The van der Waals surface area contributed by atoms with Gasteiger partial charge in [-0.3, -0.25) is 13.9 Å². The summed E-state index contributed by atoms with van der Waals surface area (Å²) in [5.74, 6) is -0.388. The lowest BCUT2D eigenvalue weighted by Gasteiger charge is -2.34. The highest BCUT2D eigenvalue weighted by molar-refractivity contribution is 7.92. The third-order valence-electron chi connectivity index (χ3n) is 8.03. The Morgan fingerprint density at radius 3 is 2.27 bits per heavy atom. The Morgan fingerprint density at radius 2 is 1.61 bits per heavy atom. The van der Waals surface area contributed by atoms with E-state index in [9.17, 15) is 18.0 Å². The maximum Gasteiger partial charge on any atom is 0.243 e. The van der Waals surface area contributed by atoms with Crippen LogP contribution in [0.3, 0.4) is 0 Å². The number of rotatable bonds is 13. The SMILES string of the molecule is Cc1ccc(CN(C(=O)CCCN(c2cc(Cl)ccc2Cl)S(C)(=O)=O)[C@@H](Cc2ccccc2)C(=O)NC2CCCCC2)cc1. The van der Waals surface area contributed by atoms with Crippen LogP contribution in [0, 0.1) is 6.92 Å². The fourth-order valence-corrected chi connectivity index (χ4v) is 7.05. The molecule has 0 saturated heterocycles. The van der Waals surface area contributed by atoms with Crippen LogP contribution in [-0.4, -0.2) is 50.0 Å². The summed E-state index contributed by atoms with van der Waals surface area (Å²) in [5.41, 5.74) is 3.23. The highest BCUT2D eigenvalue weighted by Crippen LogP contribution is 2.31. The summed E-state index contributed by atoms with van der Waals surface area (Å²) in [4.78, 5) is 29.7. The van der Waals surface area contributed by atoms with Crippen LogP contribution in [-0.2, 0) is 32.6 Å². The van der Waals surface area contributed by atoms with Gasteiger partial charge in [0.1, 0.15) is 6.04 Å². The minimum absolute atomic E-state index is 0.0284. The van der Waals surface area contributed by atoms with Crippen LogP contribution in [0.2, 0.25) is 10.0 Å². The van der Waals surface area contributed by atoms with Crippen molar-refractivity contribution in [3.8, 4) is 0 Å². The van der Waals surface area contributed by atoms with Gasteiger partial charge in [-0.1, -0.05) is 103 Å². The number of hydrogen-bond acceptors (Lipinski definition) is 4. The topological polar surface area (TPSA) is 86.8 Å². The minimum Gasteiger partial charge on any atom is -0.352 e. The van der Waals surface area contributed by atoms with Crippen LogP contribution in [0.25, 0.3) is 0 Å². The van der Waals surface area contributed by atoms with E-state index in [1.807, 2.05) is 61.5 Å². The lowest BCUT2D eigenvalue weighted by atomic mass is 9.94. The molecule has 1 N–H and O–H groups in total. The molecule has 10 heteroatoms. The normalized spacial score (nSPS) is 14.5. The third-order valence-corrected chi connectivity index (χ3v) is 9.76. The second kappa shape index (κ2) is 15.8. The molecule has 0 aliphatic heterocycles. The van der Waals surface area contributed by atoms with Crippen molar-refractivity contribution in [2.24, 2.45) is 0 Å². The molecule has 1 atom stereocenters. The van der Waals surface area contributed by atoms with Gasteiger partial charge >= 0.3 is 0 Å². The number of nitrogens with zero attached hydrogens (tertiary/aromatic N) is 2. The first-order valence-corrected chi connectivity index (χ1v) is 17.7. The van der Waals surface area contributed by atoms with Crippen molar-refractivity contribution in [1.29, 1.82) is 0 Å². The lowest BCUT2D eigenvalue weighted by Crippen LogP contribution is -2.52. The van der Waals surface area contributed by atoms with Crippen LogP contribution >= 0.6 is 23.2 Å². The average molecular weight is 659 g/mol. The summed E-state index contributed by atoms with van der Waals surface area (Å²) in [6.45, 7) is 2.29. The molecule has 1 aliphatic rings. The fraction of sp³-hybridized carbons (Fsp3) is 0.412. The van der Waals surface area contributed by atoms with Crippen molar-refractivity contribution in [2.45, 2.75) is 76.9 Å². The average Bonchev–Trinajstić information content (AvgIpc) is 2.99. The van der Waals surface area contributed by atoms with Crippen molar-refractivity contribution in [3.63, 3.8) is 0 Å². The predicted octanol–water partition coefficient (Wildman–Crippen LogP) is 6.94. The second-order valence-corrected chi connectivity index (χ2v) is 14.3. The van der Waals surface area contributed by atoms with Crippen molar-refractivity contribution < 1.29 is 18.0 Å². The van der Waals surface area contributed by atoms with Gasteiger partial charge in [0.2, 0.25) is 21.8 Å². The van der Waals surface area contributed by atoms with E-state index < -0.39 is 16.1 Å². The minimum atomic E-state index is -3.71. The van der Waals surface area contributed by atoms with E-state index in [1.165, 1.54) is 16.8 Å². The number of sulfonamides is 1. The molecule has 0 heterocycles. The first kappa shape index (κ1) is 33.8. The highest BCUT2D eigenvalue weighted by Gasteiger charge is 2.32. The molecule has 0 bridgehead atoms. The molecule has 44 heavy (non-hydrogen) atoms. The predicted molar refractivity (Wildman–Crippen MR) is 179 cm³/mol. The van der Waals surface area contributed by atoms with Crippen LogP contribution in [0.15, 0.2) is 72.8 Å². The van der Waals surface area contributed by atoms with E-state index in [2.05, 4.69) is 5.32 Å². The largest absolute Gasteiger partial charge is 0.352 e. The van der Waals surface area contributed by atoms with E-state index in [4.69, 9.17) is 23.2 Å². The molecule has 1 aliphatic carbocycles. The molecule has 3 aromatic rings. The van der Waals surface area contributed by atoms with E-state index >= 15 is 0 Å². The molecule has 3 aromatic carbocycles. The summed E-state index contributed by atoms with van der Waals surface area (Å²) in [7, 11) is -3.71. The summed E-state index contributed by atoms with van der Waals surface area (Å²) >= 11 is 12.5. The van der Waals surface area contributed by atoms with Gasteiger partial charge in [0.15, 0.2) is 0 Å². The molecule has 1 saturated carbocycles. The van der Waals surface area contributed by atoms with Crippen molar-refractivity contribution >= 4 is 50.7 Å². The van der Waals surface area contributed by atoms with Crippen LogP contribution in [0.5, 0.6) is 0 Å². The van der Waals surface area contributed by atoms with Crippen molar-refractivity contribution in [2.75, 3.05) is 17.1 Å². The van der Waals surface area contributed by atoms with E-state index in [-0.39, 0.29) is 54.5 Å². The molecular weight excluding hydrogens is 617 g/mol. The highest BCUT2D eigenvalue weighted by atomic mass is 35.5. The van der Waals surface area contributed by atoms with Gasteiger partial charge in [0.25, 0.3) is 0 Å². The van der Waals surface area contributed by atoms with Gasteiger partial charge < -0.3 is 10.2 Å². The smallest absolute Gasteiger partial charge is 0.243 e. The number of halogens is 2. The molecule has 7 nitrogen and oxygen atoms in total. The van der Waals surface area contributed by atoms with Crippen LogP contribution < -0.4 is 9.62 Å². The van der Waals surface area contributed by atoms with Gasteiger partial charge in [0.05, 0.1) is 17.0 Å². The summed E-state index contributed by atoms with van der Waals surface area (Å²) in [5, 5.41) is 3.85. The molecule has 0 radical (unpaired) electrons. The maximum absolute atomic E-state index is 14.1. The quantitative estimate of drug-likeness (QED) is 0.216. The number of benzene rings is 3. The summed E-state index contributed by atoms with van der Waals surface area (Å²) in [6.07, 6.45) is 6.92. The number of hydrogen-bond donors (Lipinski definition) is 1. The number of anilines is 1. The monoisotopic (exact) mass is 657 g/mol. The van der Waals surface area contributed by atoms with Gasteiger partial charge in [-0.2, -0.15) is 0 Å². The van der Waals surface area contributed by atoms with E-state index in [0.717, 1.165) is 48.6 Å². The van der Waals surface area contributed by atoms with Gasteiger partial charge in [-0.25, -0.2) is 8.42 Å². The molecule has 0 spiro atoms. The molecule has 2 amide bonds. The van der Waals surface area contributed by atoms with Crippen molar-refractivity contribution in [1.82, 2.24) is 10.2 Å². The zero-order valence-electron chi connectivity index (χ0n) is 25.3. The summed E-state index contributed by atoms with van der Waals surface area (Å²) < 4.78 is 26.7. The zero-order valence-corrected chi connectivity index (χ0v) is 27.7. The first-order valence-electron chi connectivity index (χ1n) is 15.1. The lowest BCUT2D eigenvalue weighted by molar-refractivity contribution is -0.141. The first-order chi connectivity index (χ1) is 21.0. The van der Waals surface area contributed by atoms with E-state index in [1.54, 1.807) is 17.0 Å². The van der Waals surface area contributed by atoms with E-state index in [0.29, 0.717) is 11.4 Å². The number of carbonyl (C=O) groups excluding carboxylic acids is 2. The molecule has 1 fully saturated rings. The van der Waals surface area contributed by atoms with Crippen LogP contribution in [0.4, 0.5) is 5.69 Å². The molecule has 0 unspecified atom stereocenters. The Kier molecular flexibility index (Phi) is 12.1. The number of aryl methyl sites for hydroxylation is 1. The number of nitrogens with one attached hydrogen (secondary N) is 1. The molecule has 4 rings (SSSR count). The number of carbonyl (C=O) groups is 2.